The van der Waals surface area contributed by atoms with Gasteiger partial charge in [-0.25, -0.2) is 0 Å². The monoisotopic (exact) mass is 336 g/mol. The van der Waals surface area contributed by atoms with Crippen molar-refractivity contribution in [3.8, 4) is 0 Å². The average Bonchev–Trinajstić information content (AvgIpc) is 2.86. The number of hydrogen-bond donors (Lipinski definition) is 0. The first-order valence-electron chi connectivity index (χ1n) is 6.72. The molecule has 0 amide bonds. The van der Waals surface area contributed by atoms with Gasteiger partial charge in [-0.15, -0.1) is 10.2 Å². The minimum absolute atomic E-state index is 0.633. The lowest BCUT2D eigenvalue weighted by atomic mass is 10.2. The van der Waals surface area contributed by atoms with Crippen LogP contribution in [0.15, 0.2) is 33.2 Å². The largest absolute Gasteiger partial charge is 0.424 e. The first-order valence-corrected chi connectivity index (χ1v) is 7.52. The summed E-state index contributed by atoms with van der Waals surface area (Å²) in [5, 5.41) is 7.91. The summed E-state index contributed by atoms with van der Waals surface area (Å²) in [4.78, 5) is 4.75. The van der Waals surface area contributed by atoms with Gasteiger partial charge >= 0.3 is 0 Å². The number of nitrogens with zero attached hydrogens (tertiary/aromatic N) is 4. The zero-order valence-electron chi connectivity index (χ0n) is 11.4. The van der Waals surface area contributed by atoms with Crippen LogP contribution in [-0.2, 0) is 6.54 Å². The molecule has 3 rings (SSSR count). The number of piperazine rings is 1. The second kappa shape index (κ2) is 5.93. The summed E-state index contributed by atoms with van der Waals surface area (Å²) in [5.41, 5.74) is 1.28. The zero-order valence-corrected chi connectivity index (χ0v) is 13.0. The van der Waals surface area contributed by atoms with Gasteiger partial charge in [0.25, 0.3) is 0 Å². The van der Waals surface area contributed by atoms with Crippen molar-refractivity contribution in [3.63, 3.8) is 0 Å². The van der Waals surface area contributed by atoms with E-state index in [0.29, 0.717) is 11.8 Å². The van der Waals surface area contributed by atoms with E-state index in [1.165, 1.54) is 5.69 Å². The van der Waals surface area contributed by atoms with Crippen LogP contribution in [0.4, 0.5) is 5.69 Å². The van der Waals surface area contributed by atoms with E-state index in [1.54, 1.807) is 0 Å². The Balaban J connectivity index is 1.55. The molecule has 2 aromatic rings. The van der Waals surface area contributed by atoms with Crippen molar-refractivity contribution in [2.45, 2.75) is 13.5 Å². The van der Waals surface area contributed by atoms with Gasteiger partial charge in [-0.2, -0.15) is 0 Å². The molecule has 1 aromatic heterocycles. The Labute approximate surface area is 126 Å². The van der Waals surface area contributed by atoms with Gasteiger partial charge in [0.2, 0.25) is 11.8 Å². The Morgan fingerprint density at radius 2 is 1.80 bits per heavy atom. The summed E-state index contributed by atoms with van der Waals surface area (Å²) < 4.78 is 6.55. The van der Waals surface area contributed by atoms with Crippen LogP contribution in [0, 0.1) is 6.92 Å². The maximum absolute atomic E-state index is 5.43. The van der Waals surface area contributed by atoms with E-state index in [4.69, 9.17) is 4.42 Å². The Kier molecular flexibility index (Phi) is 4.03. The molecule has 1 aliphatic heterocycles. The Hall–Kier alpha value is -1.40. The quantitative estimate of drug-likeness (QED) is 0.861. The van der Waals surface area contributed by atoms with Gasteiger partial charge < -0.3 is 9.32 Å². The minimum atomic E-state index is 0.633. The molecule has 0 N–H and O–H groups in total. The van der Waals surface area contributed by atoms with Crippen molar-refractivity contribution in [3.05, 3.63) is 40.5 Å². The molecule has 0 radical (unpaired) electrons. The van der Waals surface area contributed by atoms with E-state index < -0.39 is 0 Å². The second-order valence-electron chi connectivity index (χ2n) is 4.95. The maximum atomic E-state index is 5.43. The van der Waals surface area contributed by atoms with Crippen LogP contribution in [0.25, 0.3) is 0 Å². The molecule has 0 aliphatic carbocycles. The van der Waals surface area contributed by atoms with E-state index >= 15 is 0 Å². The van der Waals surface area contributed by atoms with Gasteiger partial charge in [0.05, 0.1) is 6.54 Å². The molecule has 0 unspecified atom stereocenters. The van der Waals surface area contributed by atoms with Crippen LogP contribution < -0.4 is 4.90 Å². The molecule has 1 aromatic carbocycles. The lowest BCUT2D eigenvalue weighted by molar-refractivity contribution is 0.225. The third-order valence-electron chi connectivity index (χ3n) is 3.49. The average molecular weight is 337 g/mol. The molecule has 5 nitrogen and oxygen atoms in total. The van der Waals surface area contributed by atoms with E-state index in [2.05, 4.69) is 60.2 Å². The molecule has 1 aliphatic rings. The SMILES string of the molecule is Cc1nnc(CN2CCN(c3ccc(Br)cc3)CC2)o1. The van der Waals surface area contributed by atoms with Gasteiger partial charge in [-0.3, -0.25) is 4.90 Å². The van der Waals surface area contributed by atoms with Gasteiger partial charge in [0.1, 0.15) is 0 Å². The normalized spacial score (nSPS) is 16.6. The van der Waals surface area contributed by atoms with E-state index in [0.717, 1.165) is 37.2 Å². The van der Waals surface area contributed by atoms with Gasteiger partial charge in [0, 0.05) is 43.3 Å². The highest BCUT2D eigenvalue weighted by molar-refractivity contribution is 9.10. The lowest BCUT2D eigenvalue weighted by Crippen LogP contribution is -2.46. The number of benzene rings is 1. The molecule has 2 heterocycles. The smallest absolute Gasteiger partial charge is 0.230 e. The zero-order chi connectivity index (χ0) is 13.9. The third kappa shape index (κ3) is 3.19. The van der Waals surface area contributed by atoms with Crippen LogP contribution in [0.5, 0.6) is 0 Å². The number of halogens is 1. The van der Waals surface area contributed by atoms with E-state index in [1.807, 2.05) is 6.92 Å². The molecular formula is C14H17BrN4O. The standard InChI is InChI=1S/C14H17BrN4O/c1-11-16-17-14(20-11)10-18-6-8-19(9-7-18)13-4-2-12(15)3-5-13/h2-5H,6-10H2,1H3. The molecule has 106 valence electrons. The highest BCUT2D eigenvalue weighted by atomic mass is 79.9. The molecule has 0 bridgehead atoms. The fraction of sp³-hybridized carbons (Fsp3) is 0.429. The van der Waals surface area contributed by atoms with Crippen LogP contribution in [0.2, 0.25) is 0 Å². The van der Waals surface area contributed by atoms with Crippen molar-refractivity contribution >= 4 is 21.6 Å². The number of anilines is 1. The topological polar surface area (TPSA) is 45.4 Å². The van der Waals surface area contributed by atoms with Gasteiger partial charge in [0.15, 0.2) is 0 Å². The third-order valence-corrected chi connectivity index (χ3v) is 4.02. The highest BCUT2D eigenvalue weighted by Gasteiger charge is 2.18. The lowest BCUT2D eigenvalue weighted by Gasteiger charge is -2.35. The highest BCUT2D eigenvalue weighted by Crippen LogP contribution is 2.20. The summed E-state index contributed by atoms with van der Waals surface area (Å²) in [7, 11) is 0. The molecule has 20 heavy (non-hydrogen) atoms. The number of rotatable bonds is 3. The summed E-state index contributed by atoms with van der Waals surface area (Å²) in [5.74, 6) is 1.34. The van der Waals surface area contributed by atoms with Crippen LogP contribution in [0.3, 0.4) is 0 Å². The van der Waals surface area contributed by atoms with Gasteiger partial charge in [-0.1, -0.05) is 15.9 Å². The first-order chi connectivity index (χ1) is 9.70. The van der Waals surface area contributed by atoms with Crippen molar-refractivity contribution in [2.24, 2.45) is 0 Å². The predicted octanol–water partition coefficient (Wildman–Crippen LogP) is 2.46. The fourth-order valence-corrected chi connectivity index (χ4v) is 2.67. The second-order valence-corrected chi connectivity index (χ2v) is 5.87. The molecule has 0 saturated carbocycles. The predicted molar refractivity (Wildman–Crippen MR) is 80.7 cm³/mol. The van der Waals surface area contributed by atoms with E-state index in [-0.39, 0.29) is 0 Å². The summed E-state index contributed by atoms with van der Waals surface area (Å²) in [6.07, 6.45) is 0. The van der Waals surface area contributed by atoms with Crippen molar-refractivity contribution in [2.75, 3.05) is 31.1 Å². The van der Waals surface area contributed by atoms with Crippen molar-refractivity contribution < 1.29 is 4.42 Å². The number of aryl methyl sites for hydroxylation is 1. The Morgan fingerprint density at radius 1 is 1.10 bits per heavy atom. The summed E-state index contributed by atoms with van der Waals surface area (Å²) in [6.45, 7) is 6.63. The van der Waals surface area contributed by atoms with Crippen molar-refractivity contribution in [1.29, 1.82) is 0 Å². The van der Waals surface area contributed by atoms with Gasteiger partial charge in [-0.05, 0) is 24.3 Å². The Bertz CT molecular complexity index is 561. The summed E-state index contributed by atoms with van der Waals surface area (Å²) in [6, 6.07) is 8.48. The molecule has 1 saturated heterocycles. The van der Waals surface area contributed by atoms with Crippen LogP contribution in [-0.4, -0.2) is 41.3 Å². The van der Waals surface area contributed by atoms with Crippen LogP contribution in [0.1, 0.15) is 11.8 Å². The molecule has 1 fully saturated rings. The minimum Gasteiger partial charge on any atom is -0.424 e. The van der Waals surface area contributed by atoms with Crippen LogP contribution >= 0.6 is 15.9 Å². The fourth-order valence-electron chi connectivity index (χ4n) is 2.41. The maximum Gasteiger partial charge on any atom is 0.230 e. The number of hydrogen-bond acceptors (Lipinski definition) is 5. The summed E-state index contributed by atoms with van der Waals surface area (Å²) >= 11 is 3.47. The number of aromatic nitrogens is 2. The Morgan fingerprint density at radius 3 is 2.40 bits per heavy atom. The van der Waals surface area contributed by atoms with E-state index in [9.17, 15) is 0 Å². The van der Waals surface area contributed by atoms with Crippen molar-refractivity contribution in [1.82, 2.24) is 15.1 Å². The molecular weight excluding hydrogens is 320 g/mol. The molecule has 0 atom stereocenters. The first kappa shape index (κ1) is 13.6. The molecule has 6 heteroatoms. The molecule has 0 spiro atoms.